The largest absolute Gasteiger partial charge is 0.384 e. The molecule has 88 valence electrons. The summed E-state index contributed by atoms with van der Waals surface area (Å²) in [6.45, 7) is 4.07. The molecule has 0 radical (unpaired) electrons. The van der Waals surface area contributed by atoms with E-state index >= 15 is 0 Å². The molecule has 5 heteroatoms. The molecular weight excluding hydrogens is 204 g/mol. The zero-order valence-electron chi connectivity index (χ0n) is 9.73. The zero-order chi connectivity index (χ0) is 12.0. The Kier molecular flexibility index (Phi) is 4.72. The number of pyridine rings is 1. The molecule has 0 fully saturated rings. The van der Waals surface area contributed by atoms with Crippen molar-refractivity contribution in [2.75, 3.05) is 31.7 Å². The number of rotatable bonds is 6. The summed E-state index contributed by atoms with van der Waals surface area (Å²) in [5.74, 6) is 0.0562. The Labute approximate surface area is 95.7 Å². The van der Waals surface area contributed by atoms with E-state index in [0.717, 1.165) is 12.2 Å². The van der Waals surface area contributed by atoms with E-state index in [2.05, 4.69) is 4.98 Å². The molecule has 0 aromatic carbocycles. The van der Waals surface area contributed by atoms with Crippen LogP contribution < -0.4 is 10.6 Å². The van der Waals surface area contributed by atoms with Gasteiger partial charge in [-0.1, -0.05) is 0 Å². The maximum atomic E-state index is 7.47. The standard InChI is InChI=1S/C11H18N4O/c1-3-16-7-6-15(2)10-8-14-5-4-9(10)11(12)13/h4-5,8H,3,6-7H2,1-2H3,(H3,12,13). The summed E-state index contributed by atoms with van der Waals surface area (Å²) < 4.78 is 5.28. The summed E-state index contributed by atoms with van der Waals surface area (Å²) in [5, 5.41) is 7.47. The first-order valence-electron chi connectivity index (χ1n) is 5.24. The fraction of sp³-hybridized carbons (Fsp3) is 0.455. The third-order valence-corrected chi connectivity index (χ3v) is 2.28. The molecule has 0 unspecified atom stereocenters. The molecule has 1 rings (SSSR count). The van der Waals surface area contributed by atoms with Gasteiger partial charge in [-0.2, -0.15) is 0 Å². The second-order valence-corrected chi connectivity index (χ2v) is 3.42. The van der Waals surface area contributed by atoms with Gasteiger partial charge in [0.1, 0.15) is 5.84 Å². The van der Waals surface area contributed by atoms with Crippen molar-refractivity contribution in [3.63, 3.8) is 0 Å². The number of ether oxygens (including phenoxy) is 1. The molecule has 0 amide bonds. The first-order chi connectivity index (χ1) is 7.66. The van der Waals surface area contributed by atoms with E-state index in [4.69, 9.17) is 15.9 Å². The Hall–Kier alpha value is -1.62. The van der Waals surface area contributed by atoms with Gasteiger partial charge >= 0.3 is 0 Å². The molecular formula is C11H18N4O. The van der Waals surface area contributed by atoms with Gasteiger partial charge in [0, 0.05) is 32.0 Å². The molecule has 0 aliphatic heterocycles. The van der Waals surface area contributed by atoms with Crippen molar-refractivity contribution < 1.29 is 4.74 Å². The lowest BCUT2D eigenvalue weighted by Crippen LogP contribution is -2.26. The predicted molar refractivity (Wildman–Crippen MR) is 65.0 cm³/mol. The number of hydrogen-bond donors (Lipinski definition) is 2. The summed E-state index contributed by atoms with van der Waals surface area (Å²) in [6.07, 6.45) is 3.35. The van der Waals surface area contributed by atoms with Crippen LogP contribution in [0, 0.1) is 5.41 Å². The van der Waals surface area contributed by atoms with Crippen LogP contribution in [0.15, 0.2) is 18.5 Å². The topological polar surface area (TPSA) is 75.2 Å². The first kappa shape index (κ1) is 12.4. The van der Waals surface area contributed by atoms with Crippen LogP contribution in [0.5, 0.6) is 0 Å². The van der Waals surface area contributed by atoms with E-state index in [9.17, 15) is 0 Å². The SMILES string of the molecule is CCOCCN(C)c1cnccc1C(=N)N. The fourth-order valence-electron chi connectivity index (χ4n) is 1.38. The summed E-state index contributed by atoms with van der Waals surface area (Å²) >= 11 is 0. The van der Waals surface area contributed by atoms with Crippen LogP contribution in [0.2, 0.25) is 0 Å². The minimum atomic E-state index is 0.0562. The van der Waals surface area contributed by atoms with Crippen molar-refractivity contribution in [2.24, 2.45) is 5.73 Å². The number of nitrogen functional groups attached to an aromatic ring is 1. The van der Waals surface area contributed by atoms with Crippen molar-refractivity contribution in [1.29, 1.82) is 5.41 Å². The van der Waals surface area contributed by atoms with Crippen LogP contribution in [0.25, 0.3) is 0 Å². The molecule has 1 heterocycles. The molecule has 0 bridgehead atoms. The number of likely N-dealkylation sites (N-methyl/N-ethyl adjacent to an activating group) is 1. The highest BCUT2D eigenvalue weighted by Crippen LogP contribution is 2.16. The van der Waals surface area contributed by atoms with Gasteiger partial charge in [-0.15, -0.1) is 0 Å². The molecule has 1 aromatic rings. The van der Waals surface area contributed by atoms with Crippen molar-refractivity contribution in [2.45, 2.75) is 6.92 Å². The van der Waals surface area contributed by atoms with Crippen molar-refractivity contribution in [1.82, 2.24) is 4.98 Å². The molecule has 0 aliphatic carbocycles. The lowest BCUT2D eigenvalue weighted by molar-refractivity contribution is 0.154. The predicted octanol–water partition coefficient (Wildman–Crippen LogP) is 0.838. The second-order valence-electron chi connectivity index (χ2n) is 3.42. The van der Waals surface area contributed by atoms with Crippen LogP contribution in [0.1, 0.15) is 12.5 Å². The normalized spacial score (nSPS) is 10.1. The van der Waals surface area contributed by atoms with Crippen LogP contribution in [0.3, 0.4) is 0 Å². The van der Waals surface area contributed by atoms with Gasteiger partial charge in [-0.05, 0) is 13.0 Å². The Morgan fingerprint density at radius 1 is 1.62 bits per heavy atom. The molecule has 0 atom stereocenters. The van der Waals surface area contributed by atoms with Crippen LogP contribution >= 0.6 is 0 Å². The van der Waals surface area contributed by atoms with Crippen molar-refractivity contribution >= 4 is 11.5 Å². The minimum absolute atomic E-state index is 0.0562. The quantitative estimate of drug-likeness (QED) is 0.425. The van der Waals surface area contributed by atoms with Crippen molar-refractivity contribution in [3.05, 3.63) is 24.0 Å². The van der Waals surface area contributed by atoms with Crippen LogP contribution in [-0.4, -0.2) is 37.6 Å². The van der Waals surface area contributed by atoms with E-state index < -0.39 is 0 Å². The molecule has 5 nitrogen and oxygen atoms in total. The summed E-state index contributed by atoms with van der Waals surface area (Å²) in [4.78, 5) is 6.03. The smallest absolute Gasteiger partial charge is 0.125 e. The highest BCUT2D eigenvalue weighted by molar-refractivity contribution is 6.00. The summed E-state index contributed by atoms with van der Waals surface area (Å²) in [5.41, 5.74) is 7.06. The first-order valence-corrected chi connectivity index (χ1v) is 5.24. The molecule has 3 N–H and O–H groups in total. The Morgan fingerprint density at radius 2 is 2.38 bits per heavy atom. The summed E-state index contributed by atoms with van der Waals surface area (Å²) in [7, 11) is 1.93. The van der Waals surface area contributed by atoms with Crippen LogP contribution in [-0.2, 0) is 4.74 Å². The second kappa shape index (κ2) is 6.07. The number of amidine groups is 1. The number of nitrogens with zero attached hydrogens (tertiary/aromatic N) is 2. The van der Waals surface area contributed by atoms with E-state index in [0.29, 0.717) is 18.8 Å². The Bertz CT molecular complexity index is 354. The average molecular weight is 222 g/mol. The molecule has 0 spiro atoms. The van der Waals surface area contributed by atoms with E-state index in [1.54, 1.807) is 18.5 Å². The third-order valence-electron chi connectivity index (χ3n) is 2.28. The van der Waals surface area contributed by atoms with Gasteiger partial charge in [0.25, 0.3) is 0 Å². The zero-order valence-corrected chi connectivity index (χ0v) is 9.73. The molecule has 0 aliphatic rings. The molecule has 16 heavy (non-hydrogen) atoms. The van der Waals surface area contributed by atoms with Gasteiger partial charge in [0.2, 0.25) is 0 Å². The number of nitrogens with two attached hydrogens (primary N) is 1. The third kappa shape index (κ3) is 3.20. The fourth-order valence-corrected chi connectivity index (χ4v) is 1.38. The Balaban J connectivity index is 2.74. The Morgan fingerprint density at radius 3 is 3.00 bits per heavy atom. The molecule has 0 saturated carbocycles. The minimum Gasteiger partial charge on any atom is -0.384 e. The average Bonchev–Trinajstić information content (AvgIpc) is 2.29. The lowest BCUT2D eigenvalue weighted by atomic mass is 10.2. The maximum absolute atomic E-state index is 7.47. The molecule has 0 saturated heterocycles. The highest BCUT2D eigenvalue weighted by atomic mass is 16.5. The van der Waals surface area contributed by atoms with Gasteiger partial charge in [-0.25, -0.2) is 0 Å². The van der Waals surface area contributed by atoms with E-state index in [1.807, 2.05) is 18.9 Å². The van der Waals surface area contributed by atoms with Crippen molar-refractivity contribution in [3.8, 4) is 0 Å². The monoisotopic (exact) mass is 222 g/mol. The van der Waals surface area contributed by atoms with Gasteiger partial charge in [0.15, 0.2) is 0 Å². The van der Waals surface area contributed by atoms with E-state index in [1.165, 1.54) is 0 Å². The summed E-state index contributed by atoms with van der Waals surface area (Å²) in [6, 6.07) is 1.74. The van der Waals surface area contributed by atoms with Gasteiger partial charge < -0.3 is 15.4 Å². The van der Waals surface area contributed by atoms with Crippen LogP contribution in [0.4, 0.5) is 5.69 Å². The van der Waals surface area contributed by atoms with Gasteiger partial charge in [-0.3, -0.25) is 10.4 Å². The number of anilines is 1. The number of aromatic nitrogens is 1. The highest BCUT2D eigenvalue weighted by Gasteiger charge is 2.09. The lowest BCUT2D eigenvalue weighted by Gasteiger charge is -2.21. The maximum Gasteiger partial charge on any atom is 0.125 e. The number of hydrogen-bond acceptors (Lipinski definition) is 4. The van der Waals surface area contributed by atoms with Gasteiger partial charge in [0.05, 0.1) is 18.5 Å². The number of nitrogens with one attached hydrogen (secondary N) is 1. The molecule has 1 aromatic heterocycles. The van der Waals surface area contributed by atoms with E-state index in [-0.39, 0.29) is 5.84 Å².